The van der Waals surface area contributed by atoms with E-state index in [1.165, 1.54) is 30.4 Å². The minimum Gasteiger partial charge on any atom is -0.494 e. The second-order valence-corrected chi connectivity index (χ2v) is 6.86. The van der Waals surface area contributed by atoms with E-state index in [1.807, 2.05) is 0 Å². The van der Waals surface area contributed by atoms with Crippen molar-refractivity contribution >= 4 is 0 Å². The molecule has 1 aliphatic rings. The van der Waals surface area contributed by atoms with Crippen molar-refractivity contribution in [1.82, 2.24) is 0 Å². The van der Waals surface area contributed by atoms with Crippen molar-refractivity contribution in [3.8, 4) is 17.6 Å². The maximum absolute atomic E-state index is 14.0. The van der Waals surface area contributed by atoms with Crippen LogP contribution in [0.2, 0.25) is 0 Å². The molecule has 0 aliphatic heterocycles. The summed E-state index contributed by atoms with van der Waals surface area (Å²) in [6.07, 6.45) is 5.22. The summed E-state index contributed by atoms with van der Waals surface area (Å²) in [5, 5.41) is 0. The minimum absolute atomic E-state index is 0.0948. The molecule has 0 bridgehead atoms. The number of ether oxygens (including phenoxy) is 1. The molecule has 1 nitrogen and oxygen atoms in total. The highest BCUT2D eigenvalue weighted by Gasteiger charge is 2.21. The van der Waals surface area contributed by atoms with Gasteiger partial charge in [0, 0.05) is 5.92 Å². The van der Waals surface area contributed by atoms with E-state index in [0.717, 1.165) is 32.1 Å². The van der Waals surface area contributed by atoms with Gasteiger partial charge >= 0.3 is 0 Å². The molecule has 2 aromatic carbocycles. The molecule has 0 atom stereocenters. The quantitative estimate of drug-likeness (QED) is 0.627. The Kier molecular flexibility index (Phi) is 5.93. The Hall–Kier alpha value is -2.34. The van der Waals surface area contributed by atoms with Gasteiger partial charge in [-0.15, -0.1) is 0 Å². The highest BCUT2D eigenvalue weighted by molar-refractivity contribution is 5.41. The molecule has 1 aliphatic carbocycles. The molecule has 0 heterocycles. The molecule has 0 aromatic heterocycles. The zero-order valence-corrected chi connectivity index (χ0v) is 15.3. The van der Waals surface area contributed by atoms with Gasteiger partial charge in [0.15, 0.2) is 11.6 Å². The van der Waals surface area contributed by atoms with Crippen molar-refractivity contribution in [3.05, 3.63) is 64.7 Å². The number of benzene rings is 2. The van der Waals surface area contributed by atoms with Gasteiger partial charge in [0.05, 0.1) is 12.7 Å². The van der Waals surface area contributed by atoms with Crippen LogP contribution in [0.25, 0.3) is 0 Å². The predicted molar refractivity (Wildman–Crippen MR) is 100 cm³/mol. The van der Waals surface area contributed by atoms with E-state index in [-0.39, 0.29) is 17.2 Å². The zero-order valence-electron chi connectivity index (χ0n) is 15.3. The second kappa shape index (κ2) is 8.36. The first kappa shape index (κ1) is 18.5. The smallest absolute Gasteiger partial charge is 0.201 e. The van der Waals surface area contributed by atoms with Crippen LogP contribution in [0.4, 0.5) is 8.78 Å². The molecule has 1 fully saturated rings. The van der Waals surface area contributed by atoms with Crippen LogP contribution in [0.5, 0.6) is 5.75 Å². The summed E-state index contributed by atoms with van der Waals surface area (Å²) in [7, 11) is 1.32. The number of aryl methyl sites for hydroxylation is 1. The summed E-state index contributed by atoms with van der Waals surface area (Å²) < 4.78 is 32.5. The SMILES string of the molecule is CCc1ccc(C2CCC(C#Cc3ccc(OC)c(F)c3F)CC2)cc1. The zero-order chi connectivity index (χ0) is 18.5. The molecule has 3 rings (SSSR count). The van der Waals surface area contributed by atoms with E-state index in [9.17, 15) is 8.78 Å². The Morgan fingerprint density at radius 2 is 1.65 bits per heavy atom. The van der Waals surface area contributed by atoms with Crippen molar-refractivity contribution in [2.24, 2.45) is 5.92 Å². The fraction of sp³-hybridized carbons (Fsp3) is 0.391. The molecule has 0 unspecified atom stereocenters. The number of rotatable bonds is 3. The molecule has 3 heteroatoms. The van der Waals surface area contributed by atoms with Crippen LogP contribution in [0, 0.1) is 29.4 Å². The molecule has 1 saturated carbocycles. The molecule has 26 heavy (non-hydrogen) atoms. The minimum atomic E-state index is -0.974. The van der Waals surface area contributed by atoms with Crippen molar-refractivity contribution in [2.75, 3.05) is 7.11 Å². The fourth-order valence-electron chi connectivity index (χ4n) is 3.56. The molecule has 0 spiro atoms. The van der Waals surface area contributed by atoms with Crippen molar-refractivity contribution in [1.29, 1.82) is 0 Å². The lowest BCUT2D eigenvalue weighted by Gasteiger charge is -2.26. The van der Waals surface area contributed by atoms with Gasteiger partial charge in [0.2, 0.25) is 5.82 Å². The summed E-state index contributed by atoms with van der Waals surface area (Å²) in [5.74, 6) is 4.78. The van der Waals surface area contributed by atoms with E-state index >= 15 is 0 Å². The van der Waals surface area contributed by atoms with Crippen LogP contribution in [0.1, 0.15) is 55.2 Å². The third kappa shape index (κ3) is 4.07. The summed E-state index contributed by atoms with van der Waals surface area (Å²) in [6, 6.07) is 11.8. The van der Waals surface area contributed by atoms with Gasteiger partial charge in [-0.3, -0.25) is 0 Å². The summed E-state index contributed by atoms with van der Waals surface area (Å²) >= 11 is 0. The largest absolute Gasteiger partial charge is 0.494 e. The van der Waals surface area contributed by atoms with Gasteiger partial charge in [-0.25, -0.2) is 4.39 Å². The van der Waals surface area contributed by atoms with Gasteiger partial charge in [-0.2, -0.15) is 4.39 Å². The van der Waals surface area contributed by atoms with Gasteiger partial charge in [-0.1, -0.05) is 43.0 Å². The van der Waals surface area contributed by atoms with E-state index in [4.69, 9.17) is 4.74 Å². The average Bonchev–Trinajstić information content (AvgIpc) is 2.70. The predicted octanol–water partition coefficient (Wildman–Crippen LogP) is 5.86. The molecule has 0 saturated heterocycles. The maximum atomic E-state index is 14.0. The number of hydrogen-bond donors (Lipinski definition) is 0. The molecular weight excluding hydrogens is 330 g/mol. The number of halogens is 2. The average molecular weight is 354 g/mol. The Morgan fingerprint density at radius 1 is 0.962 bits per heavy atom. The summed E-state index contributed by atoms with van der Waals surface area (Å²) in [4.78, 5) is 0. The first-order chi connectivity index (χ1) is 12.6. The number of methoxy groups -OCH3 is 1. The summed E-state index contributed by atoms with van der Waals surface area (Å²) in [6.45, 7) is 2.16. The Morgan fingerprint density at radius 3 is 2.27 bits per heavy atom. The third-order valence-corrected chi connectivity index (χ3v) is 5.26. The first-order valence-corrected chi connectivity index (χ1v) is 9.24. The standard InChI is InChI=1S/C23H24F2O/c1-3-16-4-9-18(10-5-16)19-11-6-17(7-12-19)8-13-20-14-15-21(26-2)23(25)22(20)24/h4-5,9-10,14-15,17,19H,3,6-7,11-12H2,1-2H3. The normalized spacial score (nSPS) is 19.5. The van der Waals surface area contributed by atoms with Crippen LogP contribution in [0.3, 0.4) is 0 Å². The highest BCUT2D eigenvalue weighted by atomic mass is 19.2. The van der Waals surface area contributed by atoms with Gasteiger partial charge < -0.3 is 4.74 Å². The molecule has 0 N–H and O–H groups in total. The topological polar surface area (TPSA) is 9.23 Å². The number of hydrogen-bond acceptors (Lipinski definition) is 1. The molecule has 136 valence electrons. The first-order valence-electron chi connectivity index (χ1n) is 9.24. The lowest BCUT2D eigenvalue weighted by atomic mass is 9.79. The second-order valence-electron chi connectivity index (χ2n) is 6.86. The molecule has 0 amide bonds. The monoisotopic (exact) mass is 354 g/mol. The van der Waals surface area contributed by atoms with Crippen LogP contribution < -0.4 is 4.74 Å². The lowest BCUT2D eigenvalue weighted by molar-refractivity contribution is 0.371. The lowest BCUT2D eigenvalue weighted by Crippen LogP contribution is -2.12. The third-order valence-electron chi connectivity index (χ3n) is 5.26. The van der Waals surface area contributed by atoms with Crippen LogP contribution in [-0.4, -0.2) is 7.11 Å². The van der Waals surface area contributed by atoms with Gasteiger partial charge in [0.1, 0.15) is 0 Å². The van der Waals surface area contributed by atoms with Gasteiger partial charge in [0.25, 0.3) is 0 Å². The molecular formula is C23H24F2O. The summed E-state index contributed by atoms with van der Waals surface area (Å²) in [5.41, 5.74) is 2.86. The van der Waals surface area contributed by atoms with Gasteiger partial charge in [-0.05, 0) is 61.3 Å². The fourth-order valence-corrected chi connectivity index (χ4v) is 3.56. The Balaban J connectivity index is 1.63. The van der Waals surface area contributed by atoms with Crippen molar-refractivity contribution in [3.63, 3.8) is 0 Å². The highest BCUT2D eigenvalue weighted by Crippen LogP contribution is 2.35. The van der Waals surface area contributed by atoms with Crippen LogP contribution in [-0.2, 0) is 6.42 Å². The van der Waals surface area contributed by atoms with Crippen LogP contribution in [0.15, 0.2) is 36.4 Å². The Labute approximate surface area is 154 Å². The molecule has 0 radical (unpaired) electrons. The van der Waals surface area contributed by atoms with E-state index in [1.54, 1.807) is 0 Å². The van der Waals surface area contributed by atoms with E-state index < -0.39 is 11.6 Å². The Bertz CT molecular complexity index is 807. The van der Waals surface area contributed by atoms with Crippen molar-refractivity contribution < 1.29 is 13.5 Å². The van der Waals surface area contributed by atoms with E-state index in [2.05, 4.69) is 43.0 Å². The molecule has 2 aromatic rings. The van der Waals surface area contributed by atoms with Crippen molar-refractivity contribution in [2.45, 2.75) is 44.9 Å². The maximum Gasteiger partial charge on any atom is 0.201 e. The van der Waals surface area contributed by atoms with E-state index in [0.29, 0.717) is 5.92 Å². The van der Waals surface area contributed by atoms with Crippen LogP contribution >= 0.6 is 0 Å².